The molecule has 0 bridgehead atoms. The maximum Gasteiger partial charge on any atom is 0.252 e. The molecular formula is C10H16N2O2. The topological polar surface area (TPSA) is 53.3 Å². The zero-order valence-corrected chi connectivity index (χ0v) is 8.69. The van der Waals surface area contributed by atoms with Gasteiger partial charge >= 0.3 is 0 Å². The molecule has 78 valence electrons. The Kier molecular flexibility index (Phi) is 3.90. The molecule has 14 heavy (non-hydrogen) atoms. The lowest BCUT2D eigenvalue weighted by molar-refractivity contribution is -0.141. The molecule has 1 unspecified atom stereocenters. The Morgan fingerprint density at radius 2 is 2.43 bits per heavy atom. The van der Waals surface area contributed by atoms with Gasteiger partial charge in [0, 0.05) is 12.6 Å². The van der Waals surface area contributed by atoms with Gasteiger partial charge in [0.15, 0.2) is 0 Å². The van der Waals surface area contributed by atoms with Crippen molar-refractivity contribution < 1.29 is 9.53 Å². The summed E-state index contributed by atoms with van der Waals surface area (Å²) in [4.78, 5) is 13.4. The van der Waals surface area contributed by atoms with Crippen LogP contribution >= 0.6 is 0 Å². The van der Waals surface area contributed by atoms with Gasteiger partial charge in [-0.15, -0.1) is 0 Å². The first-order valence-corrected chi connectivity index (χ1v) is 4.96. The van der Waals surface area contributed by atoms with Gasteiger partial charge in [-0.1, -0.05) is 0 Å². The Morgan fingerprint density at radius 3 is 2.86 bits per heavy atom. The van der Waals surface area contributed by atoms with Crippen LogP contribution in [0.5, 0.6) is 0 Å². The minimum Gasteiger partial charge on any atom is -0.368 e. The highest BCUT2D eigenvalue weighted by Crippen LogP contribution is 2.15. The Hall–Kier alpha value is -1.08. The van der Waals surface area contributed by atoms with Gasteiger partial charge in [0.1, 0.15) is 12.6 Å². The molecule has 1 atom stereocenters. The summed E-state index contributed by atoms with van der Waals surface area (Å²) >= 11 is 0. The van der Waals surface area contributed by atoms with Crippen molar-refractivity contribution >= 4 is 5.91 Å². The van der Waals surface area contributed by atoms with E-state index in [1.165, 1.54) is 0 Å². The van der Waals surface area contributed by atoms with Crippen molar-refractivity contribution in [2.75, 3.05) is 13.2 Å². The van der Waals surface area contributed by atoms with E-state index < -0.39 is 0 Å². The molecule has 1 saturated heterocycles. The molecule has 1 amide bonds. The first-order valence-electron chi connectivity index (χ1n) is 4.96. The normalized spacial score (nSPS) is 20.9. The van der Waals surface area contributed by atoms with Crippen molar-refractivity contribution in [3.05, 3.63) is 0 Å². The number of carbonyl (C=O) groups is 1. The fraction of sp³-hybridized carbons (Fsp3) is 0.800. The highest BCUT2D eigenvalue weighted by atomic mass is 16.5. The average Bonchev–Trinajstić information content (AvgIpc) is 2.65. The molecule has 1 aliphatic heterocycles. The van der Waals surface area contributed by atoms with Crippen molar-refractivity contribution in [1.29, 1.82) is 5.26 Å². The van der Waals surface area contributed by atoms with Gasteiger partial charge in [0.05, 0.1) is 6.07 Å². The molecule has 0 N–H and O–H groups in total. The van der Waals surface area contributed by atoms with Crippen LogP contribution < -0.4 is 0 Å². The number of hydrogen-bond donors (Lipinski definition) is 0. The Morgan fingerprint density at radius 1 is 1.71 bits per heavy atom. The van der Waals surface area contributed by atoms with Crippen LogP contribution in [0.25, 0.3) is 0 Å². The molecule has 4 nitrogen and oxygen atoms in total. The molecular weight excluding hydrogens is 180 g/mol. The molecule has 1 aliphatic rings. The van der Waals surface area contributed by atoms with Crippen molar-refractivity contribution in [3.8, 4) is 6.07 Å². The molecule has 4 heteroatoms. The van der Waals surface area contributed by atoms with Crippen LogP contribution in [-0.4, -0.2) is 36.1 Å². The highest BCUT2D eigenvalue weighted by Gasteiger charge is 2.29. The molecule has 1 heterocycles. The third-order valence-corrected chi connectivity index (χ3v) is 2.35. The molecule has 0 saturated carbocycles. The summed E-state index contributed by atoms with van der Waals surface area (Å²) in [7, 11) is 0. The summed E-state index contributed by atoms with van der Waals surface area (Å²) < 4.78 is 5.29. The van der Waals surface area contributed by atoms with Gasteiger partial charge in [-0.2, -0.15) is 5.26 Å². The van der Waals surface area contributed by atoms with Gasteiger partial charge in [-0.3, -0.25) is 4.79 Å². The van der Waals surface area contributed by atoms with Crippen LogP contribution in [0, 0.1) is 11.3 Å². The summed E-state index contributed by atoms with van der Waals surface area (Å²) in [5, 5.41) is 8.59. The van der Waals surface area contributed by atoms with E-state index in [0.717, 1.165) is 12.8 Å². The minimum absolute atomic E-state index is 0.0425. The van der Waals surface area contributed by atoms with E-state index in [9.17, 15) is 4.79 Å². The third-order valence-electron chi connectivity index (χ3n) is 2.35. The SMILES string of the molecule is CC(C)N(CC#N)C(=O)C1CCCO1. The van der Waals surface area contributed by atoms with E-state index in [4.69, 9.17) is 10.00 Å². The van der Waals surface area contributed by atoms with Gasteiger partial charge in [0.25, 0.3) is 5.91 Å². The lowest BCUT2D eigenvalue weighted by Gasteiger charge is -2.26. The number of amides is 1. The average molecular weight is 196 g/mol. The van der Waals surface area contributed by atoms with Crippen molar-refractivity contribution in [2.24, 2.45) is 0 Å². The zero-order chi connectivity index (χ0) is 10.6. The zero-order valence-electron chi connectivity index (χ0n) is 8.69. The van der Waals surface area contributed by atoms with E-state index in [1.807, 2.05) is 19.9 Å². The molecule has 1 fully saturated rings. The third kappa shape index (κ3) is 2.46. The number of rotatable bonds is 3. The number of carbonyl (C=O) groups excluding carboxylic acids is 1. The smallest absolute Gasteiger partial charge is 0.252 e. The number of ether oxygens (including phenoxy) is 1. The second-order valence-electron chi connectivity index (χ2n) is 3.72. The van der Waals surface area contributed by atoms with E-state index in [-0.39, 0.29) is 24.6 Å². The molecule has 1 rings (SSSR count). The second kappa shape index (κ2) is 4.97. The molecule has 0 aromatic carbocycles. The minimum atomic E-state index is -0.314. The fourth-order valence-electron chi connectivity index (χ4n) is 1.55. The van der Waals surface area contributed by atoms with Crippen LogP contribution in [0.2, 0.25) is 0 Å². The summed E-state index contributed by atoms with van der Waals surface area (Å²) in [5.41, 5.74) is 0. The van der Waals surface area contributed by atoms with Crippen LogP contribution in [0.3, 0.4) is 0 Å². The van der Waals surface area contributed by atoms with Crippen molar-refractivity contribution in [2.45, 2.75) is 38.8 Å². The summed E-state index contributed by atoms with van der Waals surface area (Å²) in [6.07, 6.45) is 1.41. The predicted molar refractivity (Wildman–Crippen MR) is 51.4 cm³/mol. The van der Waals surface area contributed by atoms with E-state index >= 15 is 0 Å². The Bertz CT molecular complexity index is 239. The van der Waals surface area contributed by atoms with Gasteiger partial charge < -0.3 is 9.64 Å². The van der Waals surface area contributed by atoms with Crippen LogP contribution in [0.1, 0.15) is 26.7 Å². The summed E-state index contributed by atoms with van der Waals surface area (Å²) in [5.74, 6) is -0.0425. The standard InChI is InChI=1S/C10H16N2O2/c1-8(2)12(6-5-11)10(13)9-4-3-7-14-9/h8-9H,3-4,6-7H2,1-2H3. The molecule has 0 aromatic rings. The van der Waals surface area contributed by atoms with E-state index in [0.29, 0.717) is 6.61 Å². The van der Waals surface area contributed by atoms with E-state index in [1.54, 1.807) is 4.90 Å². The largest absolute Gasteiger partial charge is 0.368 e. The van der Waals surface area contributed by atoms with Crippen molar-refractivity contribution in [1.82, 2.24) is 4.90 Å². The first kappa shape index (κ1) is 11.0. The molecule has 0 aliphatic carbocycles. The number of nitrogens with zero attached hydrogens (tertiary/aromatic N) is 2. The quantitative estimate of drug-likeness (QED) is 0.631. The van der Waals surface area contributed by atoms with Crippen LogP contribution in [-0.2, 0) is 9.53 Å². The van der Waals surface area contributed by atoms with Crippen molar-refractivity contribution in [3.63, 3.8) is 0 Å². The fourth-order valence-corrected chi connectivity index (χ4v) is 1.55. The molecule has 0 aromatic heterocycles. The van der Waals surface area contributed by atoms with E-state index in [2.05, 4.69) is 0 Å². The monoisotopic (exact) mass is 196 g/mol. The Balaban J connectivity index is 2.58. The number of nitriles is 1. The molecule has 0 radical (unpaired) electrons. The maximum absolute atomic E-state index is 11.8. The Labute approximate surface area is 84.4 Å². The highest BCUT2D eigenvalue weighted by molar-refractivity contribution is 5.81. The second-order valence-corrected chi connectivity index (χ2v) is 3.72. The predicted octanol–water partition coefficient (Wildman–Crippen LogP) is 0.926. The van der Waals surface area contributed by atoms with Gasteiger partial charge in [0.2, 0.25) is 0 Å². The summed E-state index contributed by atoms with van der Waals surface area (Å²) in [6.45, 7) is 4.62. The summed E-state index contributed by atoms with van der Waals surface area (Å²) in [6, 6.07) is 2.06. The maximum atomic E-state index is 11.8. The van der Waals surface area contributed by atoms with Gasteiger partial charge in [-0.05, 0) is 26.7 Å². The lowest BCUT2D eigenvalue weighted by Crippen LogP contribution is -2.43. The lowest BCUT2D eigenvalue weighted by atomic mass is 10.2. The molecule has 0 spiro atoms. The van der Waals surface area contributed by atoms with Crippen LogP contribution in [0.15, 0.2) is 0 Å². The van der Waals surface area contributed by atoms with Gasteiger partial charge in [-0.25, -0.2) is 0 Å². The van der Waals surface area contributed by atoms with Crippen LogP contribution in [0.4, 0.5) is 0 Å². The first-order chi connectivity index (χ1) is 6.66. The number of hydrogen-bond acceptors (Lipinski definition) is 3.